The first kappa shape index (κ1) is 16.8. The molecular formula is C17H21N3O3. The maximum absolute atomic E-state index is 12.0. The molecule has 1 heterocycles. The second kappa shape index (κ2) is 8.75. The van der Waals surface area contributed by atoms with Gasteiger partial charge in [-0.2, -0.15) is 0 Å². The van der Waals surface area contributed by atoms with Gasteiger partial charge in [-0.15, -0.1) is 0 Å². The number of aryl methyl sites for hydroxylation is 1. The number of hydrogen-bond acceptors (Lipinski definition) is 4. The van der Waals surface area contributed by atoms with E-state index in [9.17, 15) is 4.79 Å². The zero-order chi connectivity index (χ0) is 16.5. The summed E-state index contributed by atoms with van der Waals surface area (Å²) in [6.07, 6.45) is 3.41. The van der Waals surface area contributed by atoms with Crippen LogP contribution in [0.25, 0.3) is 0 Å². The fourth-order valence-corrected chi connectivity index (χ4v) is 1.94. The molecule has 2 aromatic rings. The molecule has 0 radical (unpaired) electrons. The van der Waals surface area contributed by atoms with Gasteiger partial charge in [0.25, 0.3) is 0 Å². The number of nitrogens with one attached hydrogen (secondary N) is 2. The van der Waals surface area contributed by atoms with Crippen molar-refractivity contribution < 1.29 is 14.3 Å². The molecule has 0 bridgehead atoms. The molecule has 0 aliphatic rings. The molecule has 6 nitrogen and oxygen atoms in total. The van der Waals surface area contributed by atoms with Crippen molar-refractivity contribution in [3.05, 3.63) is 53.9 Å². The summed E-state index contributed by atoms with van der Waals surface area (Å²) in [5.41, 5.74) is 2.61. The van der Waals surface area contributed by atoms with E-state index in [1.54, 1.807) is 19.5 Å². The normalized spacial score (nSPS) is 10.2. The molecule has 0 aliphatic carbocycles. The molecule has 1 aromatic carbocycles. The van der Waals surface area contributed by atoms with E-state index in [1.165, 1.54) is 0 Å². The molecule has 1 aromatic heterocycles. The van der Waals surface area contributed by atoms with E-state index < -0.39 is 0 Å². The number of amides is 2. The van der Waals surface area contributed by atoms with E-state index in [4.69, 9.17) is 9.47 Å². The smallest absolute Gasteiger partial charge is 0.319 e. The Morgan fingerprint density at radius 1 is 1.26 bits per heavy atom. The molecule has 0 spiro atoms. The Morgan fingerprint density at radius 3 is 2.87 bits per heavy atom. The van der Waals surface area contributed by atoms with E-state index in [2.05, 4.69) is 15.6 Å². The van der Waals surface area contributed by atoms with Gasteiger partial charge in [0.15, 0.2) is 0 Å². The van der Waals surface area contributed by atoms with Crippen LogP contribution in [-0.4, -0.2) is 31.3 Å². The third-order valence-corrected chi connectivity index (χ3v) is 3.11. The number of carbonyl (C=O) groups is 1. The Kier molecular flexibility index (Phi) is 6.38. The third kappa shape index (κ3) is 5.60. The molecule has 0 atom stereocenters. The van der Waals surface area contributed by atoms with Crippen LogP contribution in [0, 0.1) is 6.92 Å². The van der Waals surface area contributed by atoms with Crippen LogP contribution >= 0.6 is 0 Å². The monoisotopic (exact) mass is 315 g/mol. The van der Waals surface area contributed by atoms with Gasteiger partial charge in [-0.25, -0.2) is 4.79 Å². The van der Waals surface area contributed by atoms with Crippen molar-refractivity contribution in [2.75, 3.05) is 25.6 Å². The Morgan fingerprint density at radius 2 is 2.13 bits per heavy atom. The van der Waals surface area contributed by atoms with Crippen molar-refractivity contribution in [3.8, 4) is 5.75 Å². The highest BCUT2D eigenvalue weighted by Crippen LogP contribution is 2.25. The van der Waals surface area contributed by atoms with Crippen molar-refractivity contribution in [2.24, 2.45) is 0 Å². The Hall–Kier alpha value is -2.60. The van der Waals surface area contributed by atoms with Gasteiger partial charge in [-0.05, 0) is 36.2 Å². The van der Waals surface area contributed by atoms with Gasteiger partial charge < -0.3 is 20.1 Å². The van der Waals surface area contributed by atoms with Crippen molar-refractivity contribution in [3.63, 3.8) is 0 Å². The molecule has 2 N–H and O–H groups in total. The predicted octanol–water partition coefficient (Wildman–Crippen LogP) is 2.74. The number of rotatable bonds is 7. The Labute approximate surface area is 135 Å². The van der Waals surface area contributed by atoms with E-state index >= 15 is 0 Å². The fraction of sp³-hybridized carbons (Fsp3) is 0.294. The highest BCUT2D eigenvalue weighted by Gasteiger charge is 2.08. The van der Waals surface area contributed by atoms with Gasteiger partial charge >= 0.3 is 6.03 Å². The number of pyridine rings is 1. The van der Waals surface area contributed by atoms with Crippen LogP contribution in [0.1, 0.15) is 11.1 Å². The second-order valence-electron chi connectivity index (χ2n) is 5.01. The lowest BCUT2D eigenvalue weighted by Gasteiger charge is -2.14. The molecule has 2 rings (SSSR count). The number of methoxy groups -OCH3 is 1. The summed E-state index contributed by atoms with van der Waals surface area (Å²) in [4.78, 5) is 16.0. The predicted molar refractivity (Wildman–Crippen MR) is 88.6 cm³/mol. The van der Waals surface area contributed by atoms with Crippen LogP contribution < -0.4 is 15.4 Å². The van der Waals surface area contributed by atoms with Gasteiger partial charge in [0.05, 0.1) is 12.3 Å². The highest BCUT2D eigenvalue weighted by atomic mass is 16.5. The molecule has 0 saturated heterocycles. The lowest BCUT2D eigenvalue weighted by atomic mass is 10.2. The summed E-state index contributed by atoms with van der Waals surface area (Å²) in [7, 11) is 1.62. The molecule has 0 saturated carbocycles. The summed E-state index contributed by atoms with van der Waals surface area (Å²) in [5.74, 6) is 0.624. The SMILES string of the molecule is COCCOc1cc(C)ccc1NC(=O)NCc1cccnc1. The molecule has 0 unspecified atom stereocenters. The Balaban J connectivity index is 1.94. The lowest BCUT2D eigenvalue weighted by Crippen LogP contribution is -2.28. The molecule has 2 amide bonds. The zero-order valence-corrected chi connectivity index (χ0v) is 13.3. The number of benzene rings is 1. The molecule has 122 valence electrons. The van der Waals surface area contributed by atoms with Gasteiger partial charge in [-0.3, -0.25) is 4.98 Å². The minimum atomic E-state index is -0.297. The number of aromatic nitrogens is 1. The van der Waals surface area contributed by atoms with Crippen molar-refractivity contribution in [1.82, 2.24) is 10.3 Å². The quantitative estimate of drug-likeness (QED) is 0.771. The zero-order valence-electron chi connectivity index (χ0n) is 13.3. The van der Waals surface area contributed by atoms with Crippen LogP contribution in [0.15, 0.2) is 42.7 Å². The van der Waals surface area contributed by atoms with Crippen molar-refractivity contribution in [1.29, 1.82) is 0 Å². The molecule has 6 heteroatoms. The van der Waals surface area contributed by atoms with Gasteiger partial charge in [-0.1, -0.05) is 12.1 Å². The van der Waals surface area contributed by atoms with Gasteiger partial charge in [0, 0.05) is 26.0 Å². The molecular weight excluding hydrogens is 294 g/mol. The standard InChI is InChI=1S/C17H21N3O3/c1-13-5-6-15(16(10-13)23-9-8-22-2)20-17(21)19-12-14-4-3-7-18-11-14/h3-7,10-11H,8-9,12H2,1-2H3,(H2,19,20,21). The minimum Gasteiger partial charge on any atom is -0.489 e. The van der Waals surface area contributed by atoms with E-state index in [0.717, 1.165) is 11.1 Å². The largest absolute Gasteiger partial charge is 0.489 e. The average molecular weight is 315 g/mol. The summed E-state index contributed by atoms with van der Waals surface area (Å²) in [5, 5.41) is 5.58. The van der Waals surface area contributed by atoms with Crippen molar-refractivity contribution in [2.45, 2.75) is 13.5 Å². The fourth-order valence-electron chi connectivity index (χ4n) is 1.94. The van der Waals surface area contributed by atoms with E-state index in [0.29, 0.717) is 31.2 Å². The number of carbonyl (C=O) groups excluding carboxylic acids is 1. The summed E-state index contributed by atoms with van der Waals surface area (Å²) < 4.78 is 10.6. The maximum atomic E-state index is 12.0. The summed E-state index contributed by atoms with van der Waals surface area (Å²) >= 11 is 0. The highest BCUT2D eigenvalue weighted by molar-refractivity contribution is 5.90. The topological polar surface area (TPSA) is 72.5 Å². The average Bonchev–Trinajstić information content (AvgIpc) is 2.56. The minimum absolute atomic E-state index is 0.297. The first-order valence-electron chi connectivity index (χ1n) is 7.35. The van der Waals surface area contributed by atoms with Crippen LogP contribution in [0.4, 0.5) is 10.5 Å². The lowest BCUT2D eigenvalue weighted by molar-refractivity contribution is 0.146. The molecule has 0 fully saturated rings. The number of ether oxygens (including phenoxy) is 2. The summed E-state index contributed by atoms with van der Waals surface area (Å²) in [6, 6.07) is 9.05. The van der Waals surface area contributed by atoms with E-state index in [-0.39, 0.29) is 6.03 Å². The van der Waals surface area contributed by atoms with Crippen LogP contribution in [0.3, 0.4) is 0 Å². The molecule has 23 heavy (non-hydrogen) atoms. The maximum Gasteiger partial charge on any atom is 0.319 e. The first-order chi connectivity index (χ1) is 11.2. The molecule has 0 aliphatic heterocycles. The number of anilines is 1. The number of hydrogen-bond donors (Lipinski definition) is 2. The second-order valence-corrected chi connectivity index (χ2v) is 5.01. The Bertz CT molecular complexity index is 632. The van der Waals surface area contributed by atoms with Crippen LogP contribution in [-0.2, 0) is 11.3 Å². The number of nitrogens with zero attached hydrogens (tertiary/aromatic N) is 1. The van der Waals surface area contributed by atoms with E-state index in [1.807, 2.05) is 37.3 Å². The first-order valence-corrected chi connectivity index (χ1v) is 7.35. The van der Waals surface area contributed by atoms with Crippen LogP contribution in [0.5, 0.6) is 5.75 Å². The van der Waals surface area contributed by atoms with Crippen molar-refractivity contribution >= 4 is 11.7 Å². The number of urea groups is 1. The third-order valence-electron chi connectivity index (χ3n) is 3.11. The van der Waals surface area contributed by atoms with Crippen LogP contribution in [0.2, 0.25) is 0 Å². The van der Waals surface area contributed by atoms with Gasteiger partial charge in [0.2, 0.25) is 0 Å². The summed E-state index contributed by atoms with van der Waals surface area (Å²) in [6.45, 7) is 3.29. The van der Waals surface area contributed by atoms with Gasteiger partial charge in [0.1, 0.15) is 12.4 Å².